The van der Waals surface area contributed by atoms with Gasteiger partial charge in [-0.1, -0.05) is 40.5 Å². The summed E-state index contributed by atoms with van der Waals surface area (Å²) in [6, 6.07) is 1.56. The third kappa shape index (κ3) is 4.46. The van der Waals surface area contributed by atoms with Crippen molar-refractivity contribution in [3.63, 3.8) is 0 Å². The van der Waals surface area contributed by atoms with Crippen molar-refractivity contribution in [2.45, 2.75) is 71.9 Å². The molecule has 3 atom stereocenters. The van der Waals surface area contributed by atoms with Crippen LogP contribution < -0.4 is 5.32 Å². The Kier molecular flexibility index (Phi) is 5.70. The summed E-state index contributed by atoms with van der Waals surface area (Å²) >= 11 is 0. The van der Waals surface area contributed by atoms with Gasteiger partial charge in [-0.2, -0.15) is 0 Å². The minimum atomic E-state index is 0.779. The average Bonchev–Trinajstić information content (AvgIpc) is 2.37. The zero-order valence-corrected chi connectivity index (χ0v) is 13.5. The Morgan fingerprint density at radius 3 is 2.37 bits per heavy atom. The normalized spacial score (nSPS) is 34.9. The molecule has 19 heavy (non-hydrogen) atoms. The Morgan fingerprint density at radius 1 is 1.05 bits per heavy atom. The molecule has 1 saturated carbocycles. The molecular formula is C17H34N2. The van der Waals surface area contributed by atoms with Gasteiger partial charge in [0.25, 0.3) is 0 Å². The van der Waals surface area contributed by atoms with Crippen LogP contribution in [0.4, 0.5) is 0 Å². The first-order chi connectivity index (χ1) is 9.06. The molecule has 0 aromatic rings. The van der Waals surface area contributed by atoms with Crippen molar-refractivity contribution in [1.29, 1.82) is 0 Å². The molecule has 2 fully saturated rings. The smallest absolute Gasteiger partial charge is 0.00978 e. The maximum Gasteiger partial charge on any atom is 0.00978 e. The fourth-order valence-electron chi connectivity index (χ4n) is 3.92. The standard InChI is InChI=1S/C17H34N2/c1-13(2)12-19-10-8-16(9-11-19)18-17-7-5-6-14(3)15(17)4/h13-18H,5-12H2,1-4H3. The Balaban J connectivity index is 1.73. The summed E-state index contributed by atoms with van der Waals surface area (Å²) in [6.45, 7) is 13.4. The SMILES string of the molecule is CC(C)CN1CCC(NC2CCCC(C)C2C)CC1. The molecule has 1 aliphatic heterocycles. The molecule has 2 heteroatoms. The van der Waals surface area contributed by atoms with Gasteiger partial charge < -0.3 is 10.2 Å². The van der Waals surface area contributed by atoms with E-state index in [1.54, 1.807) is 0 Å². The van der Waals surface area contributed by atoms with E-state index in [0.29, 0.717) is 0 Å². The molecule has 1 saturated heterocycles. The van der Waals surface area contributed by atoms with Crippen LogP contribution in [0.2, 0.25) is 0 Å². The Morgan fingerprint density at radius 2 is 1.74 bits per heavy atom. The lowest BCUT2D eigenvalue weighted by atomic mass is 9.77. The molecule has 2 nitrogen and oxygen atoms in total. The summed E-state index contributed by atoms with van der Waals surface area (Å²) in [6.07, 6.45) is 6.97. The van der Waals surface area contributed by atoms with Crippen LogP contribution in [-0.2, 0) is 0 Å². The second-order valence-corrected chi connectivity index (χ2v) is 7.51. The molecule has 0 aromatic carbocycles. The topological polar surface area (TPSA) is 15.3 Å². The predicted octanol–water partition coefficient (Wildman–Crippen LogP) is 3.52. The molecule has 112 valence electrons. The molecule has 2 rings (SSSR count). The molecule has 2 aliphatic rings. The first-order valence-corrected chi connectivity index (χ1v) is 8.54. The highest BCUT2D eigenvalue weighted by atomic mass is 15.1. The lowest BCUT2D eigenvalue weighted by Crippen LogP contribution is -2.50. The van der Waals surface area contributed by atoms with Crippen LogP contribution in [0, 0.1) is 17.8 Å². The second kappa shape index (κ2) is 7.08. The van der Waals surface area contributed by atoms with Crippen LogP contribution in [-0.4, -0.2) is 36.6 Å². The minimum absolute atomic E-state index is 0.779. The van der Waals surface area contributed by atoms with Gasteiger partial charge in [-0.3, -0.25) is 0 Å². The molecule has 1 heterocycles. The quantitative estimate of drug-likeness (QED) is 0.837. The maximum atomic E-state index is 3.99. The molecule has 0 bridgehead atoms. The van der Waals surface area contributed by atoms with Crippen molar-refractivity contribution in [3.8, 4) is 0 Å². The van der Waals surface area contributed by atoms with E-state index in [-0.39, 0.29) is 0 Å². The molecule has 0 aromatic heterocycles. The van der Waals surface area contributed by atoms with Crippen LogP contribution in [0.15, 0.2) is 0 Å². The van der Waals surface area contributed by atoms with E-state index in [0.717, 1.165) is 29.8 Å². The van der Waals surface area contributed by atoms with Gasteiger partial charge >= 0.3 is 0 Å². The van der Waals surface area contributed by atoms with Gasteiger partial charge in [-0.05, 0) is 50.1 Å². The molecule has 3 unspecified atom stereocenters. The third-order valence-corrected chi connectivity index (χ3v) is 5.37. The highest BCUT2D eigenvalue weighted by Crippen LogP contribution is 2.30. The van der Waals surface area contributed by atoms with E-state index in [1.807, 2.05) is 0 Å². The number of hydrogen-bond donors (Lipinski definition) is 1. The number of piperidine rings is 1. The van der Waals surface area contributed by atoms with Crippen LogP contribution >= 0.6 is 0 Å². The van der Waals surface area contributed by atoms with Crippen molar-refractivity contribution in [3.05, 3.63) is 0 Å². The van der Waals surface area contributed by atoms with Crippen molar-refractivity contribution in [2.24, 2.45) is 17.8 Å². The van der Waals surface area contributed by atoms with Crippen molar-refractivity contribution in [2.75, 3.05) is 19.6 Å². The summed E-state index contributed by atoms with van der Waals surface area (Å²) in [5, 5.41) is 3.99. The molecule has 0 amide bonds. The zero-order chi connectivity index (χ0) is 13.8. The van der Waals surface area contributed by atoms with Crippen molar-refractivity contribution in [1.82, 2.24) is 10.2 Å². The van der Waals surface area contributed by atoms with Crippen LogP contribution in [0.1, 0.15) is 59.8 Å². The summed E-state index contributed by atoms with van der Waals surface area (Å²) in [4.78, 5) is 2.65. The van der Waals surface area contributed by atoms with Gasteiger partial charge in [0, 0.05) is 18.6 Å². The molecule has 1 N–H and O–H groups in total. The maximum absolute atomic E-state index is 3.99. The van der Waals surface area contributed by atoms with Gasteiger partial charge in [0.15, 0.2) is 0 Å². The van der Waals surface area contributed by atoms with Crippen LogP contribution in [0.5, 0.6) is 0 Å². The third-order valence-electron chi connectivity index (χ3n) is 5.37. The number of nitrogens with zero attached hydrogens (tertiary/aromatic N) is 1. The molecule has 0 spiro atoms. The monoisotopic (exact) mass is 266 g/mol. The Labute approximate surface area is 120 Å². The van der Waals surface area contributed by atoms with E-state index < -0.39 is 0 Å². The van der Waals surface area contributed by atoms with Crippen molar-refractivity contribution >= 4 is 0 Å². The fraction of sp³-hybridized carbons (Fsp3) is 1.00. The number of nitrogens with one attached hydrogen (secondary N) is 1. The number of hydrogen-bond acceptors (Lipinski definition) is 2. The summed E-state index contributed by atoms with van der Waals surface area (Å²) in [7, 11) is 0. The predicted molar refractivity (Wildman–Crippen MR) is 83.4 cm³/mol. The molecule has 0 radical (unpaired) electrons. The second-order valence-electron chi connectivity index (χ2n) is 7.51. The summed E-state index contributed by atoms with van der Waals surface area (Å²) < 4.78 is 0. The Hall–Kier alpha value is -0.0800. The fourth-order valence-corrected chi connectivity index (χ4v) is 3.92. The van der Waals surface area contributed by atoms with Crippen LogP contribution in [0.25, 0.3) is 0 Å². The lowest BCUT2D eigenvalue weighted by molar-refractivity contribution is 0.144. The number of likely N-dealkylation sites (tertiary alicyclic amines) is 1. The average molecular weight is 266 g/mol. The van der Waals surface area contributed by atoms with E-state index in [1.165, 1.54) is 51.7 Å². The Bertz CT molecular complexity index is 256. The van der Waals surface area contributed by atoms with E-state index in [4.69, 9.17) is 0 Å². The zero-order valence-electron chi connectivity index (χ0n) is 13.5. The molecule has 1 aliphatic carbocycles. The van der Waals surface area contributed by atoms with Gasteiger partial charge in [0.05, 0.1) is 0 Å². The van der Waals surface area contributed by atoms with Gasteiger partial charge in [-0.15, -0.1) is 0 Å². The van der Waals surface area contributed by atoms with Gasteiger partial charge in [-0.25, -0.2) is 0 Å². The minimum Gasteiger partial charge on any atom is -0.311 e. The van der Waals surface area contributed by atoms with E-state index in [9.17, 15) is 0 Å². The first-order valence-electron chi connectivity index (χ1n) is 8.54. The van der Waals surface area contributed by atoms with Crippen molar-refractivity contribution < 1.29 is 0 Å². The number of rotatable bonds is 4. The van der Waals surface area contributed by atoms with Gasteiger partial charge in [0.1, 0.15) is 0 Å². The van der Waals surface area contributed by atoms with Gasteiger partial charge in [0.2, 0.25) is 0 Å². The largest absolute Gasteiger partial charge is 0.311 e. The lowest BCUT2D eigenvalue weighted by Gasteiger charge is -2.40. The summed E-state index contributed by atoms with van der Waals surface area (Å²) in [5.74, 6) is 2.58. The van der Waals surface area contributed by atoms with E-state index in [2.05, 4.69) is 37.9 Å². The summed E-state index contributed by atoms with van der Waals surface area (Å²) in [5.41, 5.74) is 0. The highest BCUT2D eigenvalue weighted by Gasteiger charge is 2.29. The van der Waals surface area contributed by atoms with E-state index >= 15 is 0 Å². The molecular weight excluding hydrogens is 232 g/mol. The first kappa shape index (κ1) is 15.3. The van der Waals surface area contributed by atoms with Crippen LogP contribution in [0.3, 0.4) is 0 Å². The highest BCUT2D eigenvalue weighted by molar-refractivity contribution is 4.87.